The highest BCUT2D eigenvalue weighted by Crippen LogP contribution is 2.24. The molecule has 0 spiro atoms. The first-order chi connectivity index (χ1) is 9.74. The van der Waals surface area contributed by atoms with Crippen molar-refractivity contribution in [3.63, 3.8) is 0 Å². The molecule has 0 unspecified atom stereocenters. The maximum absolute atomic E-state index is 5.31. The van der Waals surface area contributed by atoms with Gasteiger partial charge in [0.25, 0.3) is 0 Å². The largest absolute Gasteiger partial charge is 0.497 e. The lowest BCUT2D eigenvalue weighted by atomic mass is 10.0. The Balaban J connectivity index is 2.11. The van der Waals surface area contributed by atoms with Crippen LogP contribution in [0.3, 0.4) is 0 Å². The standard InChI is InChI=1S/C16H20N2OS/c1-3-17-16(20)18-10-9-13-6-4-5-12-7-8-14(19-2)11-15(12)13/h4-8,11H,3,9-10H2,1-2H3,(H2,17,18,20). The lowest BCUT2D eigenvalue weighted by Gasteiger charge is -2.11. The Morgan fingerprint density at radius 1 is 1.20 bits per heavy atom. The van der Waals surface area contributed by atoms with Gasteiger partial charge in [-0.05, 0) is 54.0 Å². The summed E-state index contributed by atoms with van der Waals surface area (Å²) in [4.78, 5) is 0. The minimum Gasteiger partial charge on any atom is -0.497 e. The topological polar surface area (TPSA) is 33.3 Å². The van der Waals surface area contributed by atoms with Crippen LogP contribution in [0.1, 0.15) is 12.5 Å². The van der Waals surface area contributed by atoms with E-state index in [4.69, 9.17) is 17.0 Å². The SMILES string of the molecule is CCNC(=S)NCCc1cccc2ccc(OC)cc12. The predicted octanol–water partition coefficient (Wildman–Crippen LogP) is 2.87. The van der Waals surface area contributed by atoms with Crippen LogP contribution in [0.4, 0.5) is 0 Å². The first-order valence-corrected chi connectivity index (χ1v) is 7.22. The number of thiocarbonyl (C=S) groups is 1. The van der Waals surface area contributed by atoms with Gasteiger partial charge in [-0.25, -0.2) is 0 Å². The predicted molar refractivity (Wildman–Crippen MR) is 88.5 cm³/mol. The van der Waals surface area contributed by atoms with Gasteiger partial charge < -0.3 is 15.4 Å². The average Bonchev–Trinajstić information content (AvgIpc) is 2.47. The first kappa shape index (κ1) is 14.6. The highest BCUT2D eigenvalue weighted by atomic mass is 32.1. The van der Waals surface area contributed by atoms with Gasteiger partial charge in [0.15, 0.2) is 5.11 Å². The summed E-state index contributed by atoms with van der Waals surface area (Å²) in [6, 6.07) is 12.5. The summed E-state index contributed by atoms with van der Waals surface area (Å²) in [5.74, 6) is 0.890. The molecule has 0 amide bonds. The fourth-order valence-corrected chi connectivity index (χ4v) is 2.44. The van der Waals surface area contributed by atoms with E-state index in [1.54, 1.807) is 7.11 Å². The highest BCUT2D eigenvalue weighted by molar-refractivity contribution is 7.80. The van der Waals surface area contributed by atoms with Crippen LogP contribution < -0.4 is 15.4 Å². The number of methoxy groups -OCH3 is 1. The van der Waals surface area contributed by atoms with Crippen LogP contribution in [-0.4, -0.2) is 25.3 Å². The van der Waals surface area contributed by atoms with E-state index in [1.807, 2.05) is 13.0 Å². The average molecular weight is 288 g/mol. The molecule has 0 aromatic heterocycles. The molecule has 0 fully saturated rings. The molecule has 0 saturated heterocycles. The van der Waals surface area contributed by atoms with Gasteiger partial charge in [-0.15, -0.1) is 0 Å². The Labute approximate surface area is 125 Å². The van der Waals surface area contributed by atoms with Crippen LogP contribution in [0.2, 0.25) is 0 Å². The van der Waals surface area contributed by atoms with Gasteiger partial charge in [0.05, 0.1) is 7.11 Å². The molecule has 0 heterocycles. The zero-order chi connectivity index (χ0) is 14.4. The quantitative estimate of drug-likeness (QED) is 0.829. The van der Waals surface area contributed by atoms with Crippen LogP contribution in [0.15, 0.2) is 36.4 Å². The Hall–Kier alpha value is -1.81. The molecule has 0 bridgehead atoms. The fourth-order valence-electron chi connectivity index (χ4n) is 2.20. The van der Waals surface area contributed by atoms with E-state index in [9.17, 15) is 0 Å². The summed E-state index contributed by atoms with van der Waals surface area (Å²) in [5, 5.41) is 9.49. The monoisotopic (exact) mass is 288 g/mol. The van der Waals surface area contributed by atoms with Crippen LogP contribution in [-0.2, 0) is 6.42 Å². The van der Waals surface area contributed by atoms with Gasteiger partial charge in [0, 0.05) is 13.1 Å². The molecule has 0 aliphatic carbocycles. The maximum Gasteiger partial charge on any atom is 0.166 e. The second kappa shape index (κ2) is 7.10. The van der Waals surface area contributed by atoms with E-state index < -0.39 is 0 Å². The molecule has 0 aliphatic heterocycles. The molecule has 4 heteroatoms. The molecular formula is C16H20N2OS. The number of ether oxygens (including phenoxy) is 1. The lowest BCUT2D eigenvalue weighted by molar-refractivity contribution is 0.415. The summed E-state index contributed by atoms with van der Waals surface area (Å²) in [7, 11) is 1.69. The molecule has 2 aromatic rings. The van der Waals surface area contributed by atoms with Gasteiger partial charge in [-0.2, -0.15) is 0 Å². The third-order valence-corrected chi connectivity index (χ3v) is 3.49. The molecule has 0 saturated carbocycles. The van der Waals surface area contributed by atoms with E-state index >= 15 is 0 Å². The number of nitrogens with one attached hydrogen (secondary N) is 2. The van der Waals surface area contributed by atoms with Crippen molar-refractivity contribution in [1.29, 1.82) is 0 Å². The summed E-state index contributed by atoms with van der Waals surface area (Å²) in [6.45, 7) is 3.70. The van der Waals surface area contributed by atoms with Crippen LogP contribution in [0.5, 0.6) is 5.75 Å². The lowest BCUT2D eigenvalue weighted by Crippen LogP contribution is -2.36. The molecule has 3 nitrogen and oxygen atoms in total. The van der Waals surface area contributed by atoms with Crippen LogP contribution in [0.25, 0.3) is 10.8 Å². The van der Waals surface area contributed by atoms with Crippen LogP contribution >= 0.6 is 12.2 Å². The molecule has 20 heavy (non-hydrogen) atoms. The second-order valence-electron chi connectivity index (χ2n) is 4.54. The fraction of sp³-hybridized carbons (Fsp3) is 0.312. The summed E-state index contributed by atoms with van der Waals surface area (Å²) < 4.78 is 5.31. The van der Waals surface area contributed by atoms with Crippen LogP contribution in [0, 0.1) is 0 Å². The van der Waals surface area contributed by atoms with Crippen molar-refractivity contribution in [3.05, 3.63) is 42.0 Å². The van der Waals surface area contributed by atoms with E-state index in [0.29, 0.717) is 5.11 Å². The number of hydrogen-bond acceptors (Lipinski definition) is 2. The molecule has 0 radical (unpaired) electrons. The Morgan fingerprint density at radius 3 is 2.80 bits per heavy atom. The van der Waals surface area contributed by atoms with Gasteiger partial charge >= 0.3 is 0 Å². The molecule has 2 rings (SSSR count). The summed E-state index contributed by atoms with van der Waals surface area (Å²) >= 11 is 5.16. The van der Waals surface area contributed by atoms with E-state index in [0.717, 1.165) is 25.3 Å². The van der Waals surface area contributed by atoms with E-state index in [-0.39, 0.29) is 0 Å². The summed E-state index contributed by atoms with van der Waals surface area (Å²) in [6.07, 6.45) is 0.927. The minimum atomic E-state index is 0.713. The van der Waals surface area contributed by atoms with Crippen molar-refractivity contribution in [2.24, 2.45) is 0 Å². The van der Waals surface area contributed by atoms with Crippen molar-refractivity contribution in [2.45, 2.75) is 13.3 Å². The van der Waals surface area contributed by atoms with Gasteiger partial charge in [0.1, 0.15) is 5.75 Å². The van der Waals surface area contributed by atoms with Gasteiger partial charge in [-0.3, -0.25) is 0 Å². The number of fused-ring (bicyclic) bond motifs is 1. The maximum atomic E-state index is 5.31. The Bertz CT molecular complexity index is 598. The minimum absolute atomic E-state index is 0.713. The van der Waals surface area contributed by atoms with E-state index in [1.165, 1.54) is 16.3 Å². The van der Waals surface area contributed by atoms with Crippen molar-refractivity contribution in [2.75, 3.05) is 20.2 Å². The third kappa shape index (κ3) is 3.61. The normalized spacial score (nSPS) is 10.3. The molecule has 2 N–H and O–H groups in total. The molecule has 2 aromatic carbocycles. The Kier molecular flexibility index (Phi) is 5.18. The highest BCUT2D eigenvalue weighted by Gasteiger charge is 2.03. The van der Waals surface area contributed by atoms with Crippen molar-refractivity contribution in [1.82, 2.24) is 10.6 Å². The number of benzene rings is 2. The number of rotatable bonds is 5. The number of hydrogen-bond donors (Lipinski definition) is 2. The Morgan fingerprint density at radius 2 is 2.05 bits per heavy atom. The molecule has 0 aliphatic rings. The molecular weight excluding hydrogens is 268 g/mol. The summed E-state index contributed by atoms with van der Waals surface area (Å²) in [5.41, 5.74) is 1.30. The van der Waals surface area contributed by atoms with Crippen molar-refractivity contribution in [3.8, 4) is 5.75 Å². The molecule has 106 valence electrons. The third-order valence-electron chi connectivity index (χ3n) is 3.20. The van der Waals surface area contributed by atoms with Gasteiger partial charge in [0.2, 0.25) is 0 Å². The smallest absolute Gasteiger partial charge is 0.166 e. The van der Waals surface area contributed by atoms with Crippen molar-refractivity contribution < 1.29 is 4.74 Å². The first-order valence-electron chi connectivity index (χ1n) is 6.82. The second-order valence-corrected chi connectivity index (χ2v) is 4.95. The van der Waals surface area contributed by atoms with Crippen molar-refractivity contribution >= 4 is 28.1 Å². The zero-order valence-electron chi connectivity index (χ0n) is 11.9. The zero-order valence-corrected chi connectivity index (χ0v) is 12.7. The van der Waals surface area contributed by atoms with E-state index in [2.05, 4.69) is 41.0 Å². The molecule has 0 atom stereocenters. The van der Waals surface area contributed by atoms with Gasteiger partial charge in [-0.1, -0.05) is 24.3 Å².